The van der Waals surface area contributed by atoms with Gasteiger partial charge in [-0.3, -0.25) is 4.79 Å². The average molecular weight is 445 g/mol. The van der Waals surface area contributed by atoms with Crippen molar-refractivity contribution in [2.45, 2.75) is 19.3 Å². The number of piperidine rings is 1. The van der Waals surface area contributed by atoms with E-state index in [1.54, 1.807) is 11.3 Å². The molecule has 0 bridgehead atoms. The van der Waals surface area contributed by atoms with Crippen LogP contribution >= 0.6 is 27.3 Å². The Morgan fingerprint density at radius 2 is 1.96 bits per heavy atom. The number of halogens is 1. The van der Waals surface area contributed by atoms with E-state index in [-0.39, 0.29) is 5.97 Å². The molecule has 0 spiro atoms. The zero-order valence-electron chi connectivity index (χ0n) is 15.2. The van der Waals surface area contributed by atoms with Crippen molar-refractivity contribution < 1.29 is 9.53 Å². The van der Waals surface area contributed by atoms with E-state index in [9.17, 15) is 4.79 Å². The monoisotopic (exact) mass is 444 g/mol. The highest BCUT2D eigenvalue weighted by atomic mass is 79.9. The molecule has 0 radical (unpaired) electrons. The summed E-state index contributed by atoms with van der Waals surface area (Å²) in [6, 6.07) is 14.8. The smallest absolute Gasteiger partial charge is 0.305 e. The predicted molar refractivity (Wildman–Crippen MR) is 114 cm³/mol. The second kappa shape index (κ2) is 7.98. The summed E-state index contributed by atoms with van der Waals surface area (Å²) in [5, 5.41) is 4.66. The first-order valence-electron chi connectivity index (χ1n) is 9.12. The second-order valence-corrected chi connectivity index (χ2v) is 8.58. The van der Waals surface area contributed by atoms with Crippen molar-refractivity contribution in [3.05, 3.63) is 47.1 Å². The molecule has 2 heterocycles. The Balaban J connectivity index is 1.55. The van der Waals surface area contributed by atoms with Crippen LogP contribution in [0.3, 0.4) is 0 Å². The number of esters is 1. The normalized spacial score (nSPS) is 15.3. The van der Waals surface area contributed by atoms with Crippen LogP contribution in [0.15, 0.2) is 47.1 Å². The van der Waals surface area contributed by atoms with Crippen LogP contribution in [0.4, 0.5) is 5.00 Å². The summed E-state index contributed by atoms with van der Waals surface area (Å²) in [5.74, 6) is 0.309. The predicted octanol–water partition coefficient (Wildman–Crippen LogP) is 5.51. The van der Waals surface area contributed by atoms with Gasteiger partial charge >= 0.3 is 5.97 Å². The molecular formula is C21H21BrN2O2S. The van der Waals surface area contributed by atoms with Crippen LogP contribution < -0.4 is 4.90 Å². The maximum Gasteiger partial charge on any atom is 0.305 e. The van der Waals surface area contributed by atoms with Gasteiger partial charge in [-0.15, -0.1) is 0 Å². The van der Waals surface area contributed by atoms with Gasteiger partial charge in [0.05, 0.1) is 7.11 Å². The number of hydrogen-bond acceptors (Lipinski definition) is 5. The minimum absolute atomic E-state index is 0.106. The van der Waals surface area contributed by atoms with Gasteiger partial charge in [-0.25, -0.2) is 4.98 Å². The van der Waals surface area contributed by atoms with E-state index in [4.69, 9.17) is 9.72 Å². The third-order valence-electron chi connectivity index (χ3n) is 5.17. The summed E-state index contributed by atoms with van der Waals surface area (Å²) in [6.45, 7) is 1.88. The molecule has 1 aromatic heterocycles. The molecule has 2 aromatic carbocycles. The first kappa shape index (κ1) is 18.4. The number of aromatic nitrogens is 1. The van der Waals surface area contributed by atoms with Crippen LogP contribution in [0.25, 0.3) is 21.3 Å². The number of carbonyl (C=O) groups excluding carboxylic acids is 1. The van der Waals surface area contributed by atoms with Gasteiger partial charge in [-0.1, -0.05) is 53.8 Å². The number of carbonyl (C=O) groups is 1. The highest BCUT2D eigenvalue weighted by Gasteiger charge is 2.25. The van der Waals surface area contributed by atoms with Crippen LogP contribution in [0.1, 0.15) is 19.3 Å². The maximum absolute atomic E-state index is 11.5. The van der Waals surface area contributed by atoms with E-state index in [1.165, 1.54) is 28.4 Å². The van der Waals surface area contributed by atoms with Crippen molar-refractivity contribution in [1.29, 1.82) is 0 Å². The lowest BCUT2D eigenvalue weighted by Gasteiger charge is -2.32. The average Bonchev–Trinajstić information content (AvgIpc) is 3.09. The highest BCUT2D eigenvalue weighted by molar-refractivity contribution is 9.10. The number of nitrogens with zero attached hydrogens (tertiary/aromatic N) is 2. The Morgan fingerprint density at radius 3 is 2.74 bits per heavy atom. The standard InChI is InChI=1S/C21H21BrN2O2S/c1-26-18(25)13-14-9-11-24(12-10-14)21-19(22)23-20(27-21)17-8-4-6-15-5-2-3-7-16(15)17/h2-8,14H,9-13H2,1H3. The number of rotatable bonds is 4. The van der Waals surface area contributed by atoms with Crippen molar-refractivity contribution in [1.82, 2.24) is 4.98 Å². The van der Waals surface area contributed by atoms with Gasteiger partial charge in [0, 0.05) is 25.1 Å². The van der Waals surface area contributed by atoms with Gasteiger partial charge in [0.25, 0.3) is 0 Å². The molecule has 1 aliphatic rings. The number of methoxy groups -OCH3 is 1. The SMILES string of the molecule is COC(=O)CC1CCN(c2sc(-c3cccc4ccccc34)nc2Br)CC1. The molecule has 1 saturated heterocycles. The fraction of sp³-hybridized carbons (Fsp3) is 0.333. The third-order valence-corrected chi connectivity index (χ3v) is 7.14. The van der Waals surface area contributed by atoms with Crippen LogP contribution in [-0.2, 0) is 9.53 Å². The van der Waals surface area contributed by atoms with Crippen LogP contribution in [-0.4, -0.2) is 31.2 Å². The lowest BCUT2D eigenvalue weighted by Crippen LogP contribution is -2.34. The molecular weight excluding hydrogens is 424 g/mol. The third kappa shape index (κ3) is 3.87. The van der Waals surface area contributed by atoms with Crippen molar-refractivity contribution in [2.75, 3.05) is 25.1 Å². The number of thiazole rings is 1. The van der Waals surface area contributed by atoms with Gasteiger partial charge in [-0.2, -0.15) is 0 Å². The summed E-state index contributed by atoms with van der Waals surface area (Å²) in [6.07, 6.45) is 2.53. The van der Waals surface area contributed by atoms with E-state index in [1.807, 2.05) is 0 Å². The summed E-state index contributed by atoms with van der Waals surface area (Å²) in [7, 11) is 1.46. The second-order valence-electron chi connectivity index (χ2n) is 6.85. The molecule has 27 heavy (non-hydrogen) atoms. The molecule has 1 aliphatic heterocycles. The van der Waals surface area contributed by atoms with Crippen LogP contribution in [0, 0.1) is 5.92 Å². The first-order valence-corrected chi connectivity index (χ1v) is 10.7. The zero-order chi connectivity index (χ0) is 18.8. The van der Waals surface area contributed by atoms with E-state index in [0.717, 1.165) is 35.5 Å². The largest absolute Gasteiger partial charge is 0.469 e. The fourth-order valence-electron chi connectivity index (χ4n) is 3.67. The molecule has 1 fully saturated rings. The van der Waals surface area contributed by atoms with E-state index in [0.29, 0.717) is 12.3 Å². The molecule has 0 unspecified atom stereocenters. The molecule has 0 atom stereocenters. The van der Waals surface area contributed by atoms with Gasteiger partial charge in [0.1, 0.15) is 14.6 Å². The van der Waals surface area contributed by atoms with Gasteiger partial charge in [0.15, 0.2) is 0 Å². The van der Waals surface area contributed by atoms with Crippen LogP contribution in [0.5, 0.6) is 0 Å². The number of ether oxygens (including phenoxy) is 1. The molecule has 0 saturated carbocycles. The van der Waals surface area contributed by atoms with E-state index >= 15 is 0 Å². The molecule has 4 rings (SSSR count). The van der Waals surface area contributed by atoms with Gasteiger partial charge in [0.2, 0.25) is 0 Å². The van der Waals surface area contributed by atoms with E-state index < -0.39 is 0 Å². The summed E-state index contributed by atoms with van der Waals surface area (Å²) >= 11 is 5.39. The molecule has 3 aromatic rings. The summed E-state index contributed by atoms with van der Waals surface area (Å²) in [4.78, 5) is 18.7. The Hall–Kier alpha value is -1.92. The number of hydrogen-bond donors (Lipinski definition) is 0. The Kier molecular flexibility index (Phi) is 5.45. The zero-order valence-corrected chi connectivity index (χ0v) is 17.6. The Labute approximate surface area is 171 Å². The number of benzene rings is 2. The summed E-state index contributed by atoms with van der Waals surface area (Å²) < 4.78 is 5.71. The molecule has 0 N–H and O–H groups in total. The topological polar surface area (TPSA) is 42.4 Å². The molecule has 0 amide bonds. The lowest BCUT2D eigenvalue weighted by molar-refractivity contribution is -0.141. The van der Waals surface area contributed by atoms with Gasteiger partial charge in [-0.05, 0) is 45.5 Å². The summed E-state index contributed by atoms with van der Waals surface area (Å²) in [5.41, 5.74) is 1.17. The minimum atomic E-state index is -0.106. The van der Waals surface area contributed by atoms with Crippen molar-refractivity contribution in [2.24, 2.45) is 5.92 Å². The highest BCUT2D eigenvalue weighted by Crippen LogP contribution is 2.41. The lowest BCUT2D eigenvalue weighted by atomic mass is 9.94. The van der Waals surface area contributed by atoms with E-state index in [2.05, 4.69) is 63.3 Å². The fourth-order valence-corrected chi connectivity index (χ4v) is 5.51. The minimum Gasteiger partial charge on any atom is -0.469 e. The molecule has 0 aliphatic carbocycles. The van der Waals surface area contributed by atoms with Crippen molar-refractivity contribution in [3.8, 4) is 10.6 Å². The Bertz CT molecular complexity index is 958. The number of anilines is 1. The Morgan fingerprint density at radius 1 is 1.22 bits per heavy atom. The van der Waals surface area contributed by atoms with Crippen molar-refractivity contribution >= 4 is 49.0 Å². The molecule has 6 heteroatoms. The van der Waals surface area contributed by atoms with Crippen LogP contribution in [0.2, 0.25) is 0 Å². The molecule has 140 valence electrons. The maximum atomic E-state index is 11.5. The van der Waals surface area contributed by atoms with Gasteiger partial charge < -0.3 is 9.64 Å². The molecule has 4 nitrogen and oxygen atoms in total. The number of fused-ring (bicyclic) bond motifs is 1. The quantitative estimate of drug-likeness (QED) is 0.497. The first-order chi connectivity index (χ1) is 13.2. The van der Waals surface area contributed by atoms with Crippen molar-refractivity contribution in [3.63, 3.8) is 0 Å².